The summed E-state index contributed by atoms with van der Waals surface area (Å²) in [5.74, 6) is -3.06. The summed E-state index contributed by atoms with van der Waals surface area (Å²) in [7, 11) is -4.96. The Balaban J connectivity index is 2.88. The van der Waals surface area contributed by atoms with Gasteiger partial charge in [0.2, 0.25) is 6.10 Å². The lowest BCUT2D eigenvalue weighted by Crippen LogP contribution is -2.40. The Labute approximate surface area is 133 Å². The van der Waals surface area contributed by atoms with E-state index in [-0.39, 0.29) is 0 Å². The summed E-state index contributed by atoms with van der Waals surface area (Å²) in [6.45, 7) is 1.79. The molecule has 0 radical (unpaired) electrons. The van der Waals surface area contributed by atoms with E-state index in [1.54, 1.807) is 19.1 Å². The van der Waals surface area contributed by atoms with Crippen molar-refractivity contribution in [1.82, 2.24) is 0 Å². The van der Waals surface area contributed by atoms with Crippen LogP contribution in [0.15, 0.2) is 24.3 Å². The minimum Gasteiger partial charge on any atom is -0.450 e. The highest BCUT2D eigenvalue weighted by molar-refractivity contribution is 9.09. The molecule has 2 unspecified atom stereocenters. The van der Waals surface area contributed by atoms with Crippen LogP contribution in [0.4, 0.5) is 13.2 Å². The van der Waals surface area contributed by atoms with Crippen molar-refractivity contribution in [2.45, 2.75) is 24.0 Å². The summed E-state index contributed by atoms with van der Waals surface area (Å²) < 4.78 is 71.9. The molecule has 0 heterocycles. The third-order valence-corrected chi connectivity index (χ3v) is 4.19. The largest absolute Gasteiger partial charge is 0.450 e. The molecule has 0 aliphatic heterocycles. The standard InChI is InChI=1S/C12H12BrF3O5S/c1-7-2-4-8(5-3-7)10(13)11(17)21-9(12(14,15)16)6-22(18,19)20/h2-5,9-10H,6H2,1H3,(H,18,19,20). The summed E-state index contributed by atoms with van der Waals surface area (Å²) in [6.07, 6.45) is -8.06. The van der Waals surface area contributed by atoms with Gasteiger partial charge in [-0.05, 0) is 12.5 Å². The van der Waals surface area contributed by atoms with Crippen molar-refractivity contribution in [1.29, 1.82) is 0 Å². The molecule has 0 aliphatic rings. The summed E-state index contributed by atoms with van der Waals surface area (Å²) >= 11 is 2.90. The Morgan fingerprint density at radius 3 is 2.23 bits per heavy atom. The van der Waals surface area contributed by atoms with Crippen LogP contribution in [0.5, 0.6) is 0 Å². The van der Waals surface area contributed by atoms with E-state index in [1.807, 2.05) is 0 Å². The maximum absolute atomic E-state index is 12.7. The molecule has 0 spiro atoms. The summed E-state index contributed by atoms with van der Waals surface area (Å²) in [6, 6.07) is 6.33. The summed E-state index contributed by atoms with van der Waals surface area (Å²) in [4.78, 5) is 10.5. The number of hydrogen-bond acceptors (Lipinski definition) is 4. The van der Waals surface area contributed by atoms with Crippen molar-refractivity contribution in [3.8, 4) is 0 Å². The molecule has 0 aliphatic carbocycles. The molecule has 124 valence electrons. The second kappa shape index (κ2) is 6.97. The van der Waals surface area contributed by atoms with Gasteiger partial charge < -0.3 is 4.74 Å². The lowest BCUT2D eigenvalue weighted by atomic mass is 10.1. The zero-order valence-electron chi connectivity index (χ0n) is 11.2. The Morgan fingerprint density at radius 1 is 1.32 bits per heavy atom. The highest BCUT2D eigenvalue weighted by Gasteiger charge is 2.46. The second-order valence-electron chi connectivity index (χ2n) is 4.49. The lowest BCUT2D eigenvalue weighted by Gasteiger charge is -2.21. The Hall–Kier alpha value is -1.13. The number of ether oxygens (including phenoxy) is 1. The van der Waals surface area contributed by atoms with E-state index in [0.29, 0.717) is 5.56 Å². The fourth-order valence-electron chi connectivity index (χ4n) is 1.46. The van der Waals surface area contributed by atoms with Gasteiger partial charge in [0.1, 0.15) is 10.6 Å². The van der Waals surface area contributed by atoms with Crippen molar-refractivity contribution in [2.24, 2.45) is 0 Å². The molecule has 0 bridgehead atoms. The molecule has 0 saturated heterocycles. The normalized spacial score (nSPS) is 15.2. The number of carbonyl (C=O) groups excluding carboxylic acids is 1. The average molecular weight is 405 g/mol. The van der Waals surface area contributed by atoms with Gasteiger partial charge in [0.05, 0.1) is 0 Å². The first-order valence-corrected chi connectivity index (χ1v) is 8.35. The van der Waals surface area contributed by atoms with Gasteiger partial charge in [-0.25, -0.2) is 0 Å². The van der Waals surface area contributed by atoms with Gasteiger partial charge in [0, 0.05) is 0 Å². The Kier molecular flexibility index (Phi) is 5.99. The third kappa shape index (κ3) is 5.93. The minimum atomic E-state index is -5.12. The molecule has 22 heavy (non-hydrogen) atoms. The first kappa shape index (κ1) is 18.9. The number of rotatable bonds is 5. The number of esters is 1. The monoisotopic (exact) mass is 404 g/mol. The van der Waals surface area contributed by atoms with Gasteiger partial charge in [-0.2, -0.15) is 21.6 Å². The highest BCUT2D eigenvalue weighted by atomic mass is 79.9. The van der Waals surface area contributed by atoms with Gasteiger partial charge in [0.25, 0.3) is 10.1 Å². The Morgan fingerprint density at radius 2 is 1.82 bits per heavy atom. The Bertz CT molecular complexity index is 627. The van der Waals surface area contributed by atoms with Crippen LogP contribution >= 0.6 is 15.9 Å². The first-order chi connectivity index (χ1) is 9.90. The second-order valence-corrected chi connectivity index (χ2v) is 6.90. The van der Waals surface area contributed by atoms with E-state index in [9.17, 15) is 26.4 Å². The SMILES string of the molecule is Cc1ccc(C(Br)C(=O)OC(CS(=O)(=O)O)C(F)(F)F)cc1. The molecule has 0 saturated carbocycles. The van der Waals surface area contributed by atoms with E-state index in [4.69, 9.17) is 4.55 Å². The maximum Gasteiger partial charge on any atom is 0.426 e. The van der Waals surface area contributed by atoms with Gasteiger partial charge in [0.15, 0.2) is 0 Å². The molecule has 0 amide bonds. The number of halogens is 4. The van der Waals surface area contributed by atoms with E-state index in [2.05, 4.69) is 20.7 Å². The first-order valence-electron chi connectivity index (χ1n) is 5.83. The smallest absolute Gasteiger partial charge is 0.426 e. The predicted octanol–water partition coefficient (Wildman–Crippen LogP) is 2.79. The zero-order valence-corrected chi connectivity index (χ0v) is 13.6. The molecule has 1 aromatic rings. The molecular formula is C12H12BrF3O5S. The van der Waals surface area contributed by atoms with Crippen LogP contribution < -0.4 is 0 Å². The van der Waals surface area contributed by atoms with Crippen molar-refractivity contribution in [3.05, 3.63) is 35.4 Å². The van der Waals surface area contributed by atoms with Crippen LogP contribution in [-0.4, -0.2) is 37.0 Å². The van der Waals surface area contributed by atoms with Crippen molar-refractivity contribution in [2.75, 3.05) is 5.75 Å². The molecule has 5 nitrogen and oxygen atoms in total. The lowest BCUT2D eigenvalue weighted by molar-refractivity contribution is -0.214. The van der Waals surface area contributed by atoms with Crippen molar-refractivity contribution in [3.63, 3.8) is 0 Å². The fraction of sp³-hybridized carbons (Fsp3) is 0.417. The van der Waals surface area contributed by atoms with E-state index < -0.39 is 38.9 Å². The zero-order chi connectivity index (χ0) is 17.1. The number of alkyl halides is 4. The topological polar surface area (TPSA) is 80.7 Å². The van der Waals surface area contributed by atoms with E-state index in [0.717, 1.165) is 5.56 Å². The van der Waals surface area contributed by atoms with Crippen molar-refractivity contribution < 1.29 is 35.7 Å². The van der Waals surface area contributed by atoms with Crippen LogP contribution in [0, 0.1) is 6.92 Å². The quantitative estimate of drug-likeness (QED) is 0.463. The van der Waals surface area contributed by atoms with Crippen LogP contribution in [0.2, 0.25) is 0 Å². The van der Waals surface area contributed by atoms with Gasteiger partial charge in [-0.1, -0.05) is 45.8 Å². The number of carbonyl (C=O) groups is 1. The number of benzene rings is 1. The molecule has 1 N–H and O–H groups in total. The highest BCUT2D eigenvalue weighted by Crippen LogP contribution is 2.29. The van der Waals surface area contributed by atoms with Crippen LogP contribution in [0.25, 0.3) is 0 Å². The third-order valence-electron chi connectivity index (χ3n) is 2.56. The van der Waals surface area contributed by atoms with Crippen LogP contribution in [0.1, 0.15) is 16.0 Å². The molecule has 0 aromatic heterocycles. The number of hydrogen-bond donors (Lipinski definition) is 1. The minimum absolute atomic E-state index is 0.350. The van der Waals surface area contributed by atoms with Gasteiger partial charge in [-0.3, -0.25) is 9.35 Å². The van der Waals surface area contributed by atoms with Crippen LogP contribution in [0.3, 0.4) is 0 Å². The predicted molar refractivity (Wildman–Crippen MR) is 75.2 cm³/mol. The van der Waals surface area contributed by atoms with Crippen molar-refractivity contribution >= 4 is 32.0 Å². The fourth-order valence-corrected chi connectivity index (χ4v) is 2.51. The van der Waals surface area contributed by atoms with Gasteiger partial charge in [-0.15, -0.1) is 0 Å². The number of aryl methyl sites for hydroxylation is 1. The van der Waals surface area contributed by atoms with Crippen LogP contribution in [-0.2, 0) is 19.6 Å². The molecular weight excluding hydrogens is 393 g/mol. The summed E-state index contributed by atoms with van der Waals surface area (Å²) in [5.41, 5.74) is 1.24. The maximum atomic E-state index is 12.7. The van der Waals surface area contributed by atoms with E-state index in [1.165, 1.54) is 12.1 Å². The molecule has 0 fully saturated rings. The average Bonchev–Trinajstić information content (AvgIpc) is 2.35. The van der Waals surface area contributed by atoms with E-state index >= 15 is 0 Å². The molecule has 1 aromatic carbocycles. The van der Waals surface area contributed by atoms with Gasteiger partial charge >= 0.3 is 12.1 Å². The molecule has 2 atom stereocenters. The summed E-state index contributed by atoms with van der Waals surface area (Å²) in [5, 5.41) is 0. The molecule has 1 rings (SSSR count). The molecule has 10 heteroatoms.